The summed E-state index contributed by atoms with van der Waals surface area (Å²) in [5.74, 6) is 0. The molecule has 1 N–H and O–H groups in total. The zero-order valence-corrected chi connectivity index (χ0v) is 12.4. The van der Waals surface area contributed by atoms with Crippen LogP contribution in [-0.4, -0.2) is 18.0 Å². The molecule has 0 saturated carbocycles. The molecule has 0 amide bonds. The standard InChI is InChI=1S/C10H9BrClN3O2S/c1-15-5-10(13-6-15)18(16,17)14-7-2-3-9(12)8(11)4-7/h2-6,14H,1H3. The van der Waals surface area contributed by atoms with E-state index in [1.807, 2.05) is 0 Å². The summed E-state index contributed by atoms with van der Waals surface area (Å²) in [6.07, 6.45) is 2.85. The summed E-state index contributed by atoms with van der Waals surface area (Å²) in [7, 11) is -1.97. The van der Waals surface area contributed by atoms with Crippen molar-refractivity contribution in [3.63, 3.8) is 0 Å². The third-order valence-corrected chi connectivity index (χ3v) is 4.61. The topological polar surface area (TPSA) is 64.0 Å². The molecular weight excluding hydrogens is 342 g/mol. The van der Waals surface area contributed by atoms with Crippen molar-refractivity contribution in [2.75, 3.05) is 4.72 Å². The molecule has 0 bridgehead atoms. The average Bonchev–Trinajstić information content (AvgIpc) is 2.71. The van der Waals surface area contributed by atoms with E-state index in [9.17, 15) is 8.42 Å². The number of benzene rings is 1. The molecule has 5 nitrogen and oxygen atoms in total. The Bertz CT molecular complexity index is 684. The van der Waals surface area contributed by atoms with E-state index in [4.69, 9.17) is 11.6 Å². The van der Waals surface area contributed by atoms with Crippen molar-refractivity contribution in [2.24, 2.45) is 7.05 Å². The number of sulfonamides is 1. The van der Waals surface area contributed by atoms with Gasteiger partial charge in [-0.25, -0.2) is 4.98 Å². The summed E-state index contributed by atoms with van der Waals surface area (Å²) in [6.45, 7) is 0. The highest BCUT2D eigenvalue weighted by Crippen LogP contribution is 2.26. The number of hydrogen-bond acceptors (Lipinski definition) is 3. The van der Waals surface area contributed by atoms with Gasteiger partial charge in [0.25, 0.3) is 10.0 Å². The van der Waals surface area contributed by atoms with Gasteiger partial charge in [-0.15, -0.1) is 0 Å². The third kappa shape index (κ3) is 2.85. The Hall–Kier alpha value is -1.05. The third-order valence-electron chi connectivity index (χ3n) is 2.13. The van der Waals surface area contributed by atoms with Crippen molar-refractivity contribution in [3.8, 4) is 0 Å². The lowest BCUT2D eigenvalue weighted by molar-refractivity contribution is 0.598. The van der Waals surface area contributed by atoms with Gasteiger partial charge in [-0.3, -0.25) is 4.72 Å². The molecular formula is C10H9BrClN3O2S. The highest BCUT2D eigenvalue weighted by atomic mass is 79.9. The van der Waals surface area contributed by atoms with Crippen molar-refractivity contribution < 1.29 is 8.42 Å². The number of rotatable bonds is 3. The van der Waals surface area contributed by atoms with E-state index in [0.29, 0.717) is 15.2 Å². The van der Waals surface area contributed by atoms with Crippen LogP contribution in [0.15, 0.2) is 40.2 Å². The van der Waals surface area contributed by atoms with E-state index in [2.05, 4.69) is 25.6 Å². The van der Waals surface area contributed by atoms with E-state index < -0.39 is 10.0 Å². The quantitative estimate of drug-likeness (QED) is 0.925. The Morgan fingerprint density at radius 3 is 2.72 bits per heavy atom. The minimum Gasteiger partial charge on any atom is -0.339 e. The van der Waals surface area contributed by atoms with Gasteiger partial charge in [-0.1, -0.05) is 11.6 Å². The fourth-order valence-electron chi connectivity index (χ4n) is 1.29. The van der Waals surface area contributed by atoms with Crippen molar-refractivity contribution in [1.29, 1.82) is 0 Å². The van der Waals surface area contributed by atoms with E-state index in [0.717, 1.165) is 0 Å². The molecule has 0 atom stereocenters. The van der Waals surface area contributed by atoms with Crippen LogP contribution >= 0.6 is 27.5 Å². The van der Waals surface area contributed by atoms with Gasteiger partial charge in [-0.05, 0) is 34.1 Å². The lowest BCUT2D eigenvalue weighted by Crippen LogP contribution is -2.13. The SMILES string of the molecule is Cn1cnc(S(=O)(=O)Nc2ccc(Cl)c(Br)c2)c1. The van der Waals surface area contributed by atoms with Crippen LogP contribution in [0.3, 0.4) is 0 Å². The predicted octanol–water partition coefficient (Wildman–Crippen LogP) is 2.64. The molecule has 1 aromatic heterocycles. The average molecular weight is 351 g/mol. The minimum atomic E-state index is -3.67. The molecule has 0 radical (unpaired) electrons. The first-order valence-electron chi connectivity index (χ1n) is 4.84. The van der Waals surface area contributed by atoms with Crippen LogP contribution in [0, 0.1) is 0 Å². The molecule has 0 aliphatic heterocycles. The summed E-state index contributed by atoms with van der Waals surface area (Å²) in [5.41, 5.74) is 0.414. The van der Waals surface area contributed by atoms with Gasteiger partial charge in [-0.2, -0.15) is 8.42 Å². The van der Waals surface area contributed by atoms with Crippen LogP contribution in [0.5, 0.6) is 0 Å². The van der Waals surface area contributed by atoms with Gasteiger partial charge in [0.1, 0.15) is 0 Å². The molecule has 0 fully saturated rings. The number of hydrogen-bond donors (Lipinski definition) is 1. The number of anilines is 1. The Morgan fingerprint density at radius 1 is 1.44 bits per heavy atom. The first kappa shape index (κ1) is 13.4. The monoisotopic (exact) mass is 349 g/mol. The minimum absolute atomic E-state index is 0.0314. The molecule has 96 valence electrons. The summed E-state index contributed by atoms with van der Waals surface area (Å²) in [6, 6.07) is 4.76. The summed E-state index contributed by atoms with van der Waals surface area (Å²) in [5, 5.41) is 0.479. The largest absolute Gasteiger partial charge is 0.339 e. The second-order valence-corrected chi connectivity index (χ2v) is 6.50. The normalized spacial score (nSPS) is 11.5. The number of aryl methyl sites for hydroxylation is 1. The Balaban J connectivity index is 2.30. The van der Waals surface area contributed by atoms with Crippen LogP contribution in [0.1, 0.15) is 0 Å². The molecule has 1 aromatic carbocycles. The molecule has 0 spiro atoms. The van der Waals surface area contributed by atoms with Crippen molar-refractivity contribution in [3.05, 3.63) is 40.2 Å². The number of halogens is 2. The van der Waals surface area contributed by atoms with Crippen molar-refractivity contribution in [2.45, 2.75) is 5.03 Å². The zero-order chi connectivity index (χ0) is 13.3. The highest BCUT2D eigenvalue weighted by Gasteiger charge is 2.17. The summed E-state index contributed by atoms with van der Waals surface area (Å²) >= 11 is 9.06. The van der Waals surface area contributed by atoms with E-state index in [1.165, 1.54) is 12.5 Å². The molecule has 8 heteroatoms. The second-order valence-electron chi connectivity index (χ2n) is 3.61. The van der Waals surface area contributed by atoms with E-state index in [-0.39, 0.29) is 5.03 Å². The number of nitrogens with one attached hydrogen (secondary N) is 1. The molecule has 18 heavy (non-hydrogen) atoms. The lowest BCUT2D eigenvalue weighted by Gasteiger charge is -2.06. The van der Waals surface area contributed by atoms with Crippen LogP contribution in [0.2, 0.25) is 5.02 Å². The van der Waals surface area contributed by atoms with Crippen LogP contribution in [0.4, 0.5) is 5.69 Å². The molecule has 0 aliphatic carbocycles. The fourth-order valence-corrected chi connectivity index (χ4v) is 2.82. The molecule has 0 saturated heterocycles. The maximum absolute atomic E-state index is 12.0. The van der Waals surface area contributed by atoms with Gasteiger partial charge in [0.05, 0.1) is 17.0 Å². The maximum atomic E-state index is 12.0. The first-order chi connectivity index (χ1) is 8.38. The van der Waals surface area contributed by atoms with Gasteiger partial charge in [0, 0.05) is 17.7 Å². The Morgan fingerprint density at radius 2 is 2.17 bits per heavy atom. The number of nitrogens with zero attached hydrogens (tertiary/aromatic N) is 2. The van der Waals surface area contributed by atoms with Crippen LogP contribution in [-0.2, 0) is 17.1 Å². The van der Waals surface area contributed by atoms with E-state index >= 15 is 0 Å². The smallest absolute Gasteiger partial charge is 0.280 e. The van der Waals surface area contributed by atoms with Gasteiger partial charge in [0.2, 0.25) is 0 Å². The second kappa shape index (κ2) is 4.91. The number of aromatic nitrogens is 2. The summed E-state index contributed by atoms with van der Waals surface area (Å²) < 4.78 is 28.6. The fraction of sp³-hybridized carbons (Fsp3) is 0.100. The van der Waals surface area contributed by atoms with Gasteiger partial charge < -0.3 is 4.57 Å². The zero-order valence-electron chi connectivity index (χ0n) is 9.26. The van der Waals surface area contributed by atoms with Crippen LogP contribution < -0.4 is 4.72 Å². The van der Waals surface area contributed by atoms with E-state index in [1.54, 1.807) is 29.8 Å². The molecule has 1 heterocycles. The Labute approximate surface area is 118 Å². The lowest BCUT2D eigenvalue weighted by atomic mass is 10.3. The molecule has 0 unspecified atom stereocenters. The van der Waals surface area contributed by atoms with Crippen molar-refractivity contribution >= 4 is 43.2 Å². The van der Waals surface area contributed by atoms with Gasteiger partial charge >= 0.3 is 0 Å². The Kier molecular flexibility index (Phi) is 3.65. The maximum Gasteiger partial charge on any atom is 0.280 e. The predicted molar refractivity (Wildman–Crippen MR) is 73.2 cm³/mol. The van der Waals surface area contributed by atoms with Gasteiger partial charge in [0.15, 0.2) is 5.03 Å². The van der Waals surface area contributed by atoms with Crippen molar-refractivity contribution in [1.82, 2.24) is 9.55 Å². The molecule has 2 rings (SSSR count). The molecule has 0 aliphatic rings. The summed E-state index contributed by atoms with van der Waals surface area (Å²) in [4.78, 5) is 3.80. The molecule has 2 aromatic rings. The highest BCUT2D eigenvalue weighted by molar-refractivity contribution is 9.10. The van der Waals surface area contributed by atoms with Crippen LogP contribution in [0.25, 0.3) is 0 Å². The number of imidazole rings is 1. The first-order valence-corrected chi connectivity index (χ1v) is 7.50.